The van der Waals surface area contributed by atoms with Crippen molar-refractivity contribution in [1.82, 2.24) is 5.32 Å². The Hall–Kier alpha value is -1.89. The predicted molar refractivity (Wildman–Crippen MR) is 69.7 cm³/mol. The van der Waals surface area contributed by atoms with Gasteiger partial charge in [-0.15, -0.1) is 0 Å². The first-order valence-electron chi connectivity index (χ1n) is 6.60. The zero-order valence-electron chi connectivity index (χ0n) is 10.8. The van der Waals surface area contributed by atoms with E-state index in [9.17, 15) is 14.4 Å². The molecule has 1 aromatic carbocycles. The molecule has 0 radical (unpaired) electrons. The van der Waals surface area contributed by atoms with E-state index >= 15 is 0 Å². The van der Waals surface area contributed by atoms with Gasteiger partial charge in [0.1, 0.15) is 11.4 Å². The molecular formula is C15H17FN2O. The highest BCUT2D eigenvalue weighted by Crippen LogP contribution is 2.27. The molecule has 0 saturated heterocycles. The number of halogens is 1. The average molecular weight is 260 g/mol. The van der Waals surface area contributed by atoms with Crippen molar-refractivity contribution in [2.24, 2.45) is 0 Å². The van der Waals surface area contributed by atoms with Crippen molar-refractivity contribution >= 4 is 5.91 Å². The normalized spacial score (nSPS) is 17.5. The van der Waals surface area contributed by atoms with Gasteiger partial charge in [0.2, 0.25) is 5.91 Å². The first-order valence-corrected chi connectivity index (χ1v) is 6.60. The summed E-state index contributed by atoms with van der Waals surface area (Å²) in [6.07, 6.45) is 4.57. The van der Waals surface area contributed by atoms with Crippen molar-refractivity contribution in [3.8, 4) is 6.07 Å². The summed E-state index contributed by atoms with van der Waals surface area (Å²) in [7, 11) is 0. The Morgan fingerprint density at radius 2 is 2.11 bits per heavy atom. The van der Waals surface area contributed by atoms with E-state index in [1.165, 1.54) is 12.1 Å². The summed E-state index contributed by atoms with van der Waals surface area (Å²) in [6.45, 7) is 0. The third-order valence-corrected chi connectivity index (χ3v) is 3.55. The van der Waals surface area contributed by atoms with Gasteiger partial charge in [-0.25, -0.2) is 4.39 Å². The first-order chi connectivity index (χ1) is 9.13. The van der Waals surface area contributed by atoms with Crippen LogP contribution < -0.4 is 5.32 Å². The SMILES string of the molecule is N#CC1(NC(=O)Cc2cccc(F)c2)CCCCC1. The van der Waals surface area contributed by atoms with Crippen molar-refractivity contribution in [1.29, 1.82) is 5.26 Å². The summed E-state index contributed by atoms with van der Waals surface area (Å²) < 4.78 is 13.0. The molecule has 0 aliphatic heterocycles. The van der Waals surface area contributed by atoms with Crippen LogP contribution in [0.2, 0.25) is 0 Å². The van der Waals surface area contributed by atoms with Gasteiger partial charge < -0.3 is 5.32 Å². The van der Waals surface area contributed by atoms with E-state index in [1.807, 2.05) is 0 Å². The van der Waals surface area contributed by atoms with Gasteiger partial charge in [-0.1, -0.05) is 31.4 Å². The van der Waals surface area contributed by atoms with Crippen LogP contribution in [0.15, 0.2) is 24.3 Å². The number of benzene rings is 1. The Morgan fingerprint density at radius 3 is 2.74 bits per heavy atom. The largest absolute Gasteiger partial charge is 0.338 e. The van der Waals surface area contributed by atoms with Gasteiger partial charge in [0.25, 0.3) is 0 Å². The minimum absolute atomic E-state index is 0.112. The minimum atomic E-state index is -0.720. The average Bonchev–Trinajstić information content (AvgIpc) is 2.39. The van der Waals surface area contributed by atoms with Crippen LogP contribution in [0.1, 0.15) is 37.7 Å². The van der Waals surface area contributed by atoms with Gasteiger partial charge in [-0.3, -0.25) is 4.79 Å². The highest BCUT2D eigenvalue weighted by atomic mass is 19.1. The Balaban J connectivity index is 1.99. The third-order valence-electron chi connectivity index (χ3n) is 3.55. The molecule has 0 bridgehead atoms. The van der Waals surface area contributed by atoms with Crippen LogP contribution in [0.5, 0.6) is 0 Å². The van der Waals surface area contributed by atoms with Gasteiger partial charge in [-0.2, -0.15) is 5.26 Å². The predicted octanol–water partition coefficient (Wildman–Crippen LogP) is 2.71. The van der Waals surface area contributed by atoms with Crippen LogP contribution in [0.4, 0.5) is 4.39 Å². The molecule has 1 fully saturated rings. The molecule has 4 heteroatoms. The first kappa shape index (κ1) is 13.5. The van der Waals surface area contributed by atoms with Crippen molar-refractivity contribution in [2.75, 3.05) is 0 Å². The molecule has 1 saturated carbocycles. The van der Waals surface area contributed by atoms with E-state index in [2.05, 4.69) is 11.4 Å². The number of nitrogens with zero attached hydrogens (tertiary/aromatic N) is 1. The summed E-state index contributed by atoms with van der Waals surface area (Å²) in [6, 6.07) is 8.23. The van der Waals surface area contributed by atoms with Gasteiger partial charge in [0, 0.05) is 0 Å². The molecule has 1 amide bonds. The highest BCUT2D eigenvalue weighted by Gasteiger charge is 2.33. The Kier molecular flexibility index (Phi) is 4.16. The zero-order chi connectivity index (χ0) is 13.7. The quantitative estimate of drug-likeness (QED) is 0.908. The van der Waals surface area contributed by atoms with Crippen LogP contribution in [-0.4, -0.2) is 11.4 Å². The number of carbonyl (C=O) groups excluding carboxylic acids is 1. The van der Waals surface area contributed by atoms with Crippen molar-refractivity contribution in [2.45, 2.75) is 44.1 Å². The van der Waals surface area contributed by atoms with E-state index in [0.29, 0.717) is 18.4 Å². The standard InChI is InChI=1S/C15H17FN2O/c16-13-6-4-5-12(9-13)10-14(19)18-15(11-17)7-2-1-3-8-15/h4-6,9H,1-3,7-8,10H2,(H,18,19). The zero-order valence-corrected chi connectivity index (χ0v) is 10.8. The Bertz CT molecular complexity index is 501. The second-order valence-corrected chi connectivity index (χ2v) is 5.11. The smallest absolute Gasteiger partial charge is 0.225 e. The lowest BCUT2D eigenvalue weighted by molar-refractivity contribution is -0.122. The molecule has 0 aromatic heterocycles. The van der Waals surface area contributed by atoms with Gasteiger partial charge in [0.15, 0.2) is 0 Å². The summed E-state index contributed by atoms with van der Waals surface area (Å²) in [5, 5.41) is 12.1. The summed E-state index contributed by atoms with van der Waals surface area (Å²) >= 11 is 0. The summed E-state index contributed by atoms with van der Waals surface area (Å²) in [5.41, 5.74) is -0.0933. The minimum Gasteiger partial charge on any atom is -0.338 e. The Morgan fingerprint density at radius 1 is 1.37 bits per heavy atom. The maximum atomic E-state index is 13.0. The molecule has 0 spiro atoms. The second kappa shape index (κ2) is 5.83. The molecular weight excluding hydrogens is 243 g/mol. The van der Waals surface area contributed by atoms with Gasteiger partial charge >= 0.3 is 0 Å². The fourth-order valence-electron chi connectivity index (χ4n) is 2.56. The number of nitriles is 1. The van der Waals surface area contributed by atoms with Crippen LogP contribution >= 0.6 is 0 Å². The Labute approximate surface area is 112 Å². The molecule has 1 aliphatic carbocycles. The molecule has 3 nitrogen and oxygen atoms in total. The molecule has 1 aliphatic rings. The van der Waals surface area contributed by atoms with E-state index in [-0.39, 0.29) is 18.1 Å². The molecule has 19 heavy (non-hydrogen) atoms. The maximum Gasteiger partial charge on any atom is 0.225 e. The molecule has 0 atom stereocenters. The van der Waals surface area contributed by atoms with Crippen molar-refractivity contribution < 1.29 is 9.18 Å². The number of nitrogens with one attached hydrogen (secondary N) is 1. The number of hydrogen-bond donors (Lipinski definition) is 1. The van der Waals surface area contributed by atoms with E-state index in [0.717, 1.165) is 19.3 Å². The molecule has 1 aromatic rings. The van der Waals surface area contributed by atoms with E-state index < -0.39 is 5.54 Å². The third kappa shape index (κ3) is 3.54. The number of hydrogen-bond acceptors (Lipinski definition) is 2. The van der Waals surface area contributed by atoms with Crippen LogP contribution in [0, 0.1) is 17.1 Å². The molecule has 0 heterocycles. The number of amides is 1. The van der Waals surface area contributed by atoms with Crippen molar-refractivity contribution in [3.63, 3.8) is 0 Å². The van der Waals surface area contributed by atoms with Crippen molar-refractivity contribution in [3.05, 3.63) is 35.6 Å². The topological polar surface area (TPSA) is 52.9 Å². The maximum absolute atomic E-state index is 13.0. The lowest BCUT2D eigenvalue weighted by Gasteiger charge is -2.31. The molecule has 0 unspecified atom stereocenters. The highest BCUT2D eigenvalue weighted by molar-refractivity contribution is 5.79. The fraction of sp³-hybridized carbons (Fsp3) is 0.467. The lowest BCUT2D eigenvalue weighted by atomic mass is 9.82. The van der Waals surface area contributed by atoms with Gasteiger partial charge in [-0.05, 0) is 30.5 Å². The lowest BCUT2D eigenvalue weighted by Crippen LogP contribution is -2.49. The number of carbonyl (C=O) groups is 1. The van der Waals surface area contributed by atoms with Crippen LogP contribution in [0.3, 0.4) is 0 Å². The van der Waals surface area contributed by atoms with E-state index in [1.54, 1.807) is 12.1 Å². The summed E-state index contributed by atoms with van der Waals surface area (Å²) in [4.78, 5) is 12.0. The van der Waals surface area contributed by atoms with Gasteiger partial charge in [0.05, 0.1) is 12.5 Å². The molecule has 100 valence electrons. The number of rotatable bonds is 3. The fourth-order valence-corrected chi connectivity index (χ4v) is 2.56. The molecule has 1 N–H and O–H groups in total. The van der Waals surface area contributed by atoms with Crippen LogP contribution in [-0.2, 0) is 11.2 Å². The molecule has 2 rings (SSSR count). The second-order valence-electron chi connectivity index (χ2n) is 5.11. The van der Waals surface area contributed by atoms with Crippen LogP contribution in [0.25, 0.3) is 0 Å². The van der Waals surface area contributed by atoms with E-state index in [4.69, 9.17) is 0 Å². The summed E-state index contributed by atoms with van der Waals surface area (Å²) in [5.74, 6) is -0.563. The monoisotopic (exact) mass is 260 g/mol.